The van der Waals surface area contributed by atoms with E-state index in [-0.39, 0.29) is 12.5 Å². The van der Waals surface area contributed by atoms with Gasteiger partial charge in [-0.2, -0.15) is 0 Å². The first-order chi connectivity index (χ1) is 14.7. The summed E-state index contributed by atoms with van der Waals surface area (Å²) in [6, 6.07) is 19.0. The maximum absolute atomic E-state index is 12.6. The minimum absolute atomic E-state index is 0.116. The minimum atomic E-state index is -0.116. The molecule has 7 heteroatoms. The van der Waals surface area contributed by atoms with E-state index < -0.39 is 0 Å². The van der Waals surface area contributed by atoms with Crippen LogP contribution in [0.2, 0.25) is 0 Å². The van der Waals surface area contributed by atoms with Gasteiger partial charge < -0.3 is 18.7 Å². The lowest BCUT2D eigenvalue weighted by Crippen LogP contribution is -2.18. The van der Waals surface area contributed by atoms with Gasteiger partial charge in [-0.05, 0) is 42.8 Å². The van der Waals surface area contributed by atoms with Gasteiger partial charge in [-0.15, -0.1) is 10.2 Å². The Balaban J connectivity index is 1.46. The molecule has 0 unspecified atom stereocenters. The highest BCUT2D eigenvalue weighted by Gasteiger charge is 2.18. The van der Waals surface area contributed by atoms with Crippen LogP contribution in [0, 0.1) is 6.92 Å². The normalized spacial score (nSPS) is 11.1. The highest BCUT2D eigenvalue weighted by atomic mass is 16.4. The molecule has 0 fully saturated rings. The lowest BCUT2D eigenvalue weighted by atomic mass is 10.2. The molecule has 148 valence electrons. The van der Waals surface area contributed by atoms with Crippen molar-refractivity contribution in [2.24, 2.45) is 0 Å². The van der Waals surface area contributed by atoms with Crippen molar-refractivity contribution in [1.82, 2.24) is 14.8 Å². The molecule has 2 aromatic carbocycles. The predicted molar refractivity (Wildman–Crippen MR) is 113 cm³/mol. The molecule has 1 N–H and O–H groups in total. The zero-order valence-electron chi connectivity index (χ0n) is 16.2. The number of hydrogen-bond acceptors (Lipinski definition) is 5. The summed E-state index contributed by atoms with van der Waals surface area (Å²) in [7, 11) is 0. The summed E-state index contributed by atoms with van der Waals surface area (Å²) in [5.41, 5.74) is 3.53. The third-order valence-electron chi connectivity index (χ3n) is 4.79. The second-order valence-electron chi connectivity index (χ2n) is 7.00. The number of anilines is 1. The number of carbonyl (C=O) groups excluding carboxylic acids is 1. The Bertz CT molecular complexity index is 1330. The predicted octanol–water partition coefficient (Wildman–Crippen LogP) is 4.90. The van der Waals surface area contributed by atoms with Crippen LogP contribution in [0.4, 0.5) is 5.69 Å². The number of nitrogens with one attached hydrogen (secondary N) is 1. The third kappa shape index (κ3) is 3.37. The molecule has 0 saturated heterocycles. The average Bonchev–Trinajstić information content (AvgIpc) is 3.48. The maximum Gasteiger partial charge on any atom is 0.283 e. The second-order valence-corrected chi connectivity index (χ2v) is 7.00. The van der Waals surface area contributed by atoms with Gasteiger partial charge >= 0.3 is 0 Å². The number of aryl methyl sites for hydroxylation is 1. The van der Waals surface area contributed by atoms with Gasteiger partial charge in [0.15, 0.2) is 5.76 Å². The number of aromatic nitrogens is 3. The van der Waals surface area contributed by atoms with Gasteiger partial charge in [0.1, 0.15) is 6.54 Å². The number of furan rings is 1. The molecule has 0 spiro atoms. The Morgan fingerprint density at radius 2 is 1.90 bits per heavy atom. The van der Waals surface area contributed by atoms with Crippen LogP contribution in [-0.4, -0.2) is 20.7 Å². The van der Waals surface area contributed by atoms with Crippen LogP contribution < -0.4 is 5.32 Å². The van der Waals surface area contributed by atoms with Crippen LogP contribution in [0.1, 0.15) is 5.56 Å². The zero-order valence-corrected chi connectivity index (χ0v) is 16.2. The SMILES string of the molecule is Cc1cccc(NC(=O)Cn2cc(-c3nnc(-c4ccco4)o3)c3ccccc32)c1. The van der Waals surface area contributed by atoms with Gasteiger partial charge in [0, 0.05) is 22.8 Å². The molecule has 1 amide bonds. The molecule has 0 aliphatic heterocycles. The zero-order chi connectivity index (χ0) is 20.5. The first kappa shape index (κ1) is 17.9. The summed E-state index contributed by atoms with van der Waals surface area (Å²) < 4.78 is 13.0. The summed E-state index contributed by atoms with van der Waals surface area (Å²) in [6.07, 6.45) is 3.41. The smallest absolute Gasteiger partial charge is 0.283 e. The Morgan fingerprint density at radius 1 is 1.03 bits per heavy atom. The molecule has 7 nitrogen and oxygen atoms in total. The number of hydrogen-bond donors (Lipinski definition) is 1. The number of amides is 1. The molecule has 0 aliphatic carbocycles. The van der Waals surface area contributed by atoms with Crippen LogP contribution >= 0.6 is 0 Å². The number of para-hydroxylation sites is 1. The van der Waals surface area contributed by atoms with E-state index >= 15 is 0 Å². The molecule has 0 bridgehead atoms. The van der Waals surface area contributed by atoms with Crippen molar-refractivity contribution in [2.45, 2.75) is 13.5 Å². The van der Waals surface area contributed by atoms with E-state index in [0.717, 1.165) is 27.7 Å². The number of rotatable bonds is 5. The van der Waals surface area contributed by atoms with Crippen molar-refractivity contribution in [2.75, 3.05) is 5.32 Å². The molecular weight excluding hydrogens is 380 g/mol. The van der Waals surface area contributed by atoms with Gasteiger partial charge in [-0.1, -0.05) is 30.3 Å². The summed E-state index contributed by atoms with van der Waals surface area (Å²) in [5.74, 6) is 1.07. The van der Waals surface area contributed by atoms with E-state index in [2.05, 4.69) is 15.5 Å². The fourth-order valence-corrected chi connectivity index (χ4v) is 3.46. The fraction of sp³-hybridized carbons (Fsp3) is 0.0870. The largest absolute Gasteiger partial charge is 0.459 e. The summed E-state index contributed by atoms with van der Waals surface area (Å²) in [4.78, 5) is 12.6. The van der Waals surface area contributed by atoms with Crippen LogP contribution in [0.25, 0.3) is 34.0 Å². The molecule has 30 heavy (non-hydrogen) atoms. The molecule has 5 rings (SSSR count). The van der Waals surface area contributed by atoms with Gasteiger partial charge in [-0.25, -0.2) is 0 Å². The second kappa shape index (κ2) is 7.36. The minimum Gasteiger partial charge on any atom is -0.459 e. The molecule has 5 aromatic rings. The van der Waals surface area contributed by atoms with Gasteiger partial charge in [0.2, 0.25) is 11.8 Å². The fourth-order valence-electron chi connectivity index (χ4n) is 3.46. The maximum atomic E-state index is 12.6. The molecule has 0 atom stereocenters. The van der Waals surface area contributed by atoms with E-state index in [1.807, 2.05) is 66.2 Å². The highest BCUT2D eigenvalue weighted by Crippen LogP contribution is 2.31. The number of fused-ring (bicyclic) bond motifs is 1. The van der Waals surface area contributed by atoms with Gasteiger partial charge in [-0.3, -0.25) is 4.79 Å². The first-order valence-electron chi connectivity index (χ1n) is 9.49. The number of carbonyl (C=O) groups is 1. The average molecular weight is 398 g/mol. The van der Waals surface area contributed by atoms with E-state index in [0.29, 0.717) is 17.5 Å². The number of benzene rings is 2. The Hall–Kier alpha value is -4.13. The van der Waals surface area contributed by atoms with Crippen molar-refractivity contribution in [3.05, 3.63) is 78.7 Å². The molecule has 3 aromatic heterocycles. The van der Waals surface area contributed by atoms with Crippen LogP contribution in [-0.2, 0) is 11.3 Å². The quantitative estimate of drug-likeness (QED) is 0.455. The molecule has 3 heterocycles. The van der Waals surface area contributed by atoms with Gasteiger partial charge in [0.05, 0.1) is 11.8 Å². The van der Waals surface area contributed by atoms with Crippen LogP contribution in [0.15, 0.2) is 82.0 Å². The standard InChI is InChI=1S/C23H18N4O3/c1-15-6-4-7-16(12-15)24-21(28)14-27-13-18(17-8-2-3-9-19(17)27)22-25-26-23(30-22)20-10-5-11-29-20/h2-13H,14H2,1H3,(H,24,28). The summed E-state index contributed by atoms with van der Waals surface area (Å²) in [6.45, 7) is 2.15. The monoisotopic (exact) mass is 398 g/mol. The van der Waals surface area contributed by atoms with Crippen molar-refractivity contribution in [3.63, 3.8) is 0 Å². The van der Waals surface area contributed by atoms with Crippen molar-refractivity contribution < 1.29 is 13.6 Å². The molecule has 0 aliphatic rings. The van der Waals surface area contributed by atoms with E-state index in [4.69, 9.17) is 8.83 Å². The third-order valence-corrected chi connectivity index (χ3v) is 4.79. The van der Waals surface area contributed by atoms with E-state index in [9.17, 15) is 4.79 Å². The molecular formula is C23H18N4O3. The van der Waals surface area contributed by atoms with Crippen molar-refractivity contribution in [1.29, 1.82) is 0 Å². The number of nitrogens with zero attached hydrogens (tertiary/aromatic N) is 3. The van der Waals surface area contributed by atoms with Crippen molar-refractivity contribution in [3.8, 4) is 23.1 Å². The summed E-state index contributed by atoms with van der Waals surface area (Å²) in [5, 5.41) is 12.1. The van der Waals surface area contributed by atoms with Gasteiger partial charge in [0.25, 0.3) is 5.89 Å². The Morgan fingerprint density at radius 3 is 2.73 bits per heavy atom. The first-order valence-corrected chi connectivity index (χ1v) is 9.49. The van der Waals surface area contributed by atoms with Crippen LogP contribution in [0.5, 0.6) is 0 Å². The highest BCUT2D eigenvalue weighted by molar-refractivity contribution is 5.96. The van der Waals surface area contributed by atoms with E-state index in [1.54, 1.807) is 18.4 Å². The Kier molecular flexibility index (Phi) is 4.40. The molecule has 0 radical (unpaired) electrons. The lowest BCUT2D eigenvalue weighted by Gasteiger charge is -2.08. The lowest BCUT2D eigenvalue weighted by molar-refractivity contribution is -0.116. The molecule has 0 saturated carbocycles. The summed E-state index contributed by atoms with van der Waals surface area (Å²) >= 11 is 0. The van der Waals surface area contributed by atoms with Crippen LogP contribution in [0.3, 0.4) is 0 Å². The van der Waals surface area contributed by atoms with Crippen molar-refractivity contribution >= 4 is 22.5 Å². The van der Waals surface area contributed by atoms with E-state index in [1.165, 1.54) is 0 Å². The Labute approximate surface area is 172 Å². The topological polar surface area (TPSA) is 86.1 Å².